The van der Waals surface area contributed by atoms with Crippen LogP contribution in [0.3, 0.4) is 0 Å². The van der Waals surface area contributed by atoms with Crippen molar-refractivity contribution in [3.63, 3.8) is 0 Å². The van der Waals surface area contributed by atoms with E-state index in [2.05, 4.69) is 57.9 Å². The Labute approximate surface area is 159 Å². The lowest BCUT2D eigenvalue weighted by Crippen LogP contribution is -2.28. The fourth-order valence-electron chi connectivity index (χ4n) is 3.05. The molecule has 0 radical (unpaired) electrons. The van der Waals surface area contributed by atoms with E-state index in [0.29, 0.717) is 5.92 Å². The molecule has 1 unspecified atom stereocenters. The Bertz CT molecular complexity index is 655. The van der Waals surface area contributed by atoms with Crippen LogP contribution in [0.5, 0.6) is 0 Å². The van der Waals surface area contributed by atoms with Crippen molar-refractivity contribution >= 4 is 23.9 Å². The van der Waals surface area contributed by atoms with Crippen LogP contribution in [0.4, 0.5) is 0 Å². The highest BCUT2D eigenvalue weighted by Gasteiger charge is 2.25. The van der Waals surface area contributed by atoms with Crippen LogP contribution in [-0.4, -0.2) is 39.9 Å². The SMILES string of the molecule is CCN(CC)Sc1ccc(SN2CCCC(c3cc(C)no3)C2)cc1. The number of nitrogens with zero attached hydrogens (tertiary/aromatic N) is 3. The van der Waals surface area contributed by atoms with Gasteiger partial charge in [0, 0.05) is 48.0 Å². The first-order chi connectivity index (χ1) is 12.2. The number of hydrogen-bond donors (Lipinski definition) is 0. The van der Waals surface area contributed by atoms with Crippen molar-refractivity contribution in [2.45, 2.75) is 49.3 Å². The molecule has 4 nitrogen and oxygen atoms in total. The summed E-state index contributed by atoms with van der Waals surface area (Å²) in [6.45, 7) is 10.7. The van der Waals surface area contributed by atoms with Gasteiger partial charge in [0.1, 0.15) is 5.76 Å². The maximum Gasteiger partial charge on any atom is 0.141 e. The van der Waals surface area contributed by atoms with E-state index in [1.165, 1.54) is 22.6 Å². The highest BCUT2D eigenvalue weighted by molar-refractivity contribution is 7.97. The van der Waals surface area contributed by atoms with Gasteiger partial charge in [0.2, 0.25) is 0 Å². The van der Waals surface area contributed by atoms with Gasteiger partial charge in [-0.2, -0.15) is 0 Å². The van der Waals surface area contributed by atoms with E-state index in [1.54, 1.807) is 0 Å². The van der Waals surface area contributed by atoms with E-state index in [1.807, 2.05) is 30.8 Å². The lowest BCUT2D eigenvalue weighted by atomic mass is 9.97. The van der Waals surface area contributed by atoms with E-state index < -0.39 is 0 Å². The molecule has 136 valence electrons. The van der Waals surface area contributed by atoms with Crippen LogP contribution in [0.2, 0.25) is 0 Å². The quantitative estimate of drug-likeness (QED) is 0.615. The van der Waals surface area contributed by atoms with Gasteiger partial charge in [-0.15, -0.1) is 0 Å². The van der Waals surface area contributed by atoms with Crippen LogP contribution in [0.15, 0.2) is 44.6 Å². The molecule has 0 N–H and O–H groups in total. The molecule has 6 heteroatoms. The predicted octanol–water partition coefficient (Wildman–Crippen LogP) is 5.22. The van der Waals surface area contributed by atoms with Gasteiger partial charge >= 0.3 is 0 Å². The second kappa shape index (κ2) is 9.12. The maximum atomic E-state index is 5.48. The highest BCUT2D eigenvalue weighted by atomic mass is 32.2. The number of rotatable bonds is 7. The molecule has 1 aromatic carbocycles. The first kappa shape index (κ1) is 18.8. The fraction of sp³-hybridized carbons (Fsp3) is 0.526. The van der Waals surface area contributed by atoms with Crippen molar-refractivity contribution in [3.05, 3.63) is 41.8 Å². The summed E-state index contributed by atoms with van der Waals surface area (Å²) in [7, 11) is 0. The smallest absolute Gasteiger partial charge is 0.141 e. The summed E-state index contributed by atoms with van der Waals surface area (Å²) in [5.41, 5.74) is 0.973. The third-order valence-electron chi connectivity index (χ3n) is 4.43. The molecule has 0 bridgehead atoms. The van der Waals surface area contributed by atoms with Crippen molar-refractivity contribution < 1.29 is 4.52 Å². The maximum absolute atomic E-state index is 5.48. The number of piperidine rings is 1. The Morgan fingerprint density at radius 3 is 2.56 bits per heavy atom. The zero-order valence-corrected chi connectivity index (χ0v) is 16.9. The minimum atomic E-state index is 0.458. The Morgan fingerprint density at radius 2 is 1.92 bits per heavy atom. The summed E-state index contributed by atoms with van der Waals surface area (Å²) in [4.78, 5) is 2.61. The third kappa shape index (κ3) is 5.26. The Morgan fingerprint density at radius 1 is 1.20 bits per heavy atom. The summed E-state index contributed by atoms with van der Waals surface area (Å²) in [5, 5.41) is 4.04. The average molecular weight is 378 g/mol. The second-order valence-corrected chi connectivity index (χ2v) is 8.71. The number of aromatic nitrogens is 1. The molecule has 1 aliphatic heterocycles. The molecule has 0 amide bonds. The van der Waals surface area contributed by atoms with Crippen LogP contribution < -0.4 is 0 Å². The van der Waals surface area contributed by atoms with E-state index in [0.717, 1.165) is 37.6 Å². The summed E-state index contributed by atoms with van der Waals surface area (Å²) in [5.74, 6) is 1.49. The van der Waals surface area contributed by atoms with Gasteiger partial charge in [0.05, 0.1) is 5.69 Å². The monoisotopic (exact) mass is 377 g/mol. The van der Waals surface area contributed by atoms with Crippen LogP contribution in [0, 0.1) is 6.92 Å². The van der Waals surface area contributed by atoms with Crippen LogP contribution in [-0.2, 0) is 0 Å². The van der Waals surface area contributed by atoms with Gasteiger partial charge in [0.25, 0.3) is 0 Å². The van der Waals surface area contributed by atoms with Gasteiger partial charge in [0.15, 0.2) is 0 Å². The van der Waals surface area contributed by atoms with E-state index in [-0.39, 0.29) is 0 Å². The highest BCUT2D eigenvalue weighted by Crippen LogP contribution is 2.34. The lowest BCUT2D eigenvalue weighted by Gasteiger charge is -2.30. The lowest BCUT2D eigenvalue weighted by molar-refractivity contribution is 0.283. The Balaban J connectivity index is 1.56. The first-order valence-electron chi connectivity index (χ1n) is 9.07. The minimum Gasteiger partial charge on any atom is -0.361 e. The molecule has 1 aliphatic rings. The molecule has 1 atom stereocenters. The molecular weight excluding hydrogens is 350 g/mol. The molecule has 3 rings (SSSR count). The molecule has 1 saturated heterocycles. The number of benzene rings is 1. The van der Waals surface area contributed by atoms with Crippen molar-refractivity contribution in [3.8, 4) is 0 Å². The number of aryl methyl sites for hydroxylation is 1. The average Bonchev–Trinajstić information content (AvgIpc) is 3.08. The van der Waals surface area contributed by atoms with Gasteiger partial charge in [-0.05, 0) is 67.9 Å². The Hall–Kier alpha value is -0.950. The molecule has 2 aromatic rings. The third-order valence-corrected chi connectivity index (χ3v) is 6.76. The van der Waals surface area contributed by atoms with Crippen LogP contribution in [0.25, 0.3) is 0 Å². The van der Waals surface area contributed by atoms with Crippen LogP contribution >= 0.6 is 23.9 Å². The number of hydrogen-bond acceptors (Lipinski definition) is 6. The predicted molar refractivity (Wildman–Crippen MR) is 106 cm³/mol. The second-order valence-electron chi connectivity index (χ2n) is 6.37. The van der Waals surface area contributed by atoms with E-state index >= 15 is 0 Å². The largest absolute Gasteiger partial charge is 0.361 e. The van der Waals surface area contributed by atoms with Crippen molar-refractivity contribution in [2.24, 2.45) is 0 Å². The topological polar surface area (TPSA) is 32.5 Å². The van der Waals surface area contributed by atoms with Gasteiger partial charge in [-0.3, -0.25) is 0 Å². The van der Waals surface area contributed by atoms with Crippen molar-refractivity contribution in [1.82, 2.24) is 13.8 Å². The summed E-state index contributed by atoms with van der Waals surface area (Å²) in [6.07, 6.45) is 2.39. The fourth-order valence-corrected chi connectivity index (χ4v) is 4.89. The van der Waals surface area contributed by atoms with Crippen molar-refractivity contribution in [2.75, 3.05) is 26.2 Å². The molecule has 0 saturated carbocycles. The molecule has 0 aliphatic carbocycles. The van der Waals surface area contributed by atoms with Gasteiger partial charge in [-0.25, -0.2) is 8.61 Å². The molecule has 0 spiro atoms. The molecule has 1 fully saturated rings. The minimum absolute atomic E-state index is 0.458. The van der Waals surface area contributed by atoms with Gasteiger partial charge in [-0.1, -0.05) is 19.0 Å². The zero-order chi connectivity index (χ0) is 17.6. The van der Waals surface area contributed by atoms with Gasteiger partial charge < -0.3 is 4.52 Å². The summed E-state index contributed by atoms with van der Waals surface area (Å²) in [6, 6.07) is 11.0. The van der Waals surface area contributed by atoms with E-state index in [4.69, 9.17) is 4.52 Å². The molecule has 1 aromatic heterocycles. The Kier molecular flexibility index (Phi) is 6.87. The summed E-state index contributed by atoms with van der Waals surface area (Å²) >= 11 is 3.69. The van der Waals surface area contributed by atoms with Crippen molar-refractivity contribution in [1.29, 1.82) is 0 Å². The molecule has 2 heterocycles. The standard InChI is InChI=1S/C19H27N3OS2/c1-4-21(5-2)24-17-8-10-18(11-9-17)25-22-12-6-7-16(14-22)19-13-15(3)20-23-19/h8-11,13,16H,4-7,12,14H2,1-3H3. The molecule has 25 heavy (non-hydrogen) atoms. The summed E-state index contributed by atoms with van der Waals surface area (Å²) < 4.78 is 10.3. The van der Waals surface area contributed by atoms with Crippen LogP contribution in [0.1, 0.15) is 44.1 Å². The normalized spacial score (nSPS) is 18.8. The first-order valence-corrected chi connectivity index (χ1v) is 10.6. The van der Waals surface area contributed by atoms with E-state index in [9.17, 15) is 0 Å². The zero-order valence-electron chi connectivity index (χ0n) is 15.3. The molecular formula is C19H27N3OS2.